The van der Waals surface area contributed by atoms with E-state index in [0.717, 1.165) is 5.69 Å². The molecule has 0 radical (unpaired) electrons. The number of benzene rings is 1. The molecule has 4 heteroatoms. The van der Waals surface area contributed by atoms with Crippen LogP contribution in [0.2, 0.25) is 0 Å². The van der Waals surface area contributed by atoms with Crippen LogP contribution in [-0.4, -0.2) is 12.6 Å². The molecular formula is C15H18N2OS. The normalized spacial score (nSPS) is 11.1. The predicted molar refractivity (Wildman–Crippen MR) is 80.8 cm³/mol. The maximum atomic E-state index is 11.8. The Balaban J connectivity index is 1.87. The van der Waals surface area contributed by atoms with Crippen LogP contribution in [0.1, 0.15) is 19.4 Å². The van der Waals surface area contributed by atoms with E-state index in [2.05, 4.69) is 41.3 Å². The van der Waals surface area contributed by atoms with Crippen LogP contribution in [0.15, 0.2) is 47.2 Å². The minimum absolute atomic E-state index is 0.0615. The van der Waals surface area contributed by atoms with Crippen molar-refractivity contribution in [2.75, 3.05) is 11.9 Å². The van der Waals surface area contributed by atoms with Crippen LogP contribution in [0.3, 0.4) is 0 Å². The second-order valence-electron chi connectivity index (χ2n) is 5.07. The number of carbonyl (C=O) groups excluding carboxylic acids is 1. The quantitative estimate of drug-likeness (QED) is 0.873. The molecule has 1 aromatic carbocycles. The van der Waals surface area contributed by atoms with Gasteiger partial charge in [-0.05, 0) is 34.5 Å². The summed E-state index contributed by atoms with van der Waals surface area (Å²) in [4.78, 5) is 11.8. The second-order valence-corrected chi connectivity index (χ2v) is 5.85. The molecule has 0 aliphatic heterocycles. The molecule has 0 unspecified atom stereocenters. The smallest absolute Gasteiger partial charge is 0.319 e. The summed E-state index contributed by atoms with van der Waals surface area (Å²) in [5, 5.41) is 9.91. The predicted octanol–water partition coefficient (Wildman–Crippen LogP) is 3.85. The topological polar surface area (TPSA) is 41.1 Å². The van der Waals surface area contributed by atoms with Crippen LogP contribution >= 0.6 is 11.3 Å². The maximum Gasteiger partial charge on any atom is 0.319 e. The highest BCUT2D eigenvalue weighted by Crippen LogP contribution is 2.24. The zero-order valence-corrected chi connectivity index (χ0v) is 12.0. The fourth-order valence-corrected chi connectivity index (χ4v) is 2.60. The third-order valence-electron chi connectivity index (χ3n) is 3.03. The number of rotatable bonds is 4. The minimum Gasteiger partial charge on any atom is -0.337 e. The van der Waals surface area contributed by atoms with Crippen molar-refractivity contribution in [2.45, 2.75) is 19.3 Å². The van der Waals surface area contributed by atoms with Crippen LogP contribution in [0.5, 0.6) is 0 Å². The van der Waals surface area contributed by atoms with Gasteiger partial charge in [0.2, 0.25) is 0 Å². The Labute approximate surface area is 117 Å². The summed E-state index contributed by atoms with van der Waals surface area (Å²) >= 11 is 1.68. The fourth-order valence-electron chi connectivity index (χ4n) is 1.75. The molecule has 2 aromatic rings. The van der Waals surface area contributed by atoms with Crippen molar-refractivity contribution in [3.05, 3.63) is 52.7 Å². The number of anilines is 1. The molecule has 3 nitrogen and oxygen atoms in total. The summed E-state index contributed by atoms with van der Waals surface area (Å²) < 4.78 is 0. The molecule has 0 aliphatic rings. The van der Waals surface area contributed by atoms with E-state index < -0.39 is 0 Å². The molecule has 1 aromatic heterocycles. The van der Waals surface area contributed by atoms with Gasteiger partial charge in [-0.1, -0.05) is 32.0 Å². The van der Waals surface area contributed by atoms with Gasteiger partial charge in [0.05, 0.1) is 0 Å². The van der Waals surface area contributed by atoms with Crippen molar-refractivity contribution in [3.8, 4) is 0 Å². The molecule has 2 rings (SSSR count). The third kappa shape index (κ3) is 3.83. The van der Waals surface area contributed by atoms with E-state index in [-0.39, 0.29) is 11.4 Å². The van der Waals surface area contributed by atoms with Crippen molar-refractivity contribution in [2.24, 2.45) is 0 Å². The molecule has 0 spiro atoms. The Hall–Kier alpha value is -1.81. The molecule has 0 bridgehead atoms. The first-order valence-electron chi connectivity index (χ1n) is 6.20. The lowest BCUT2D eigenvalue weighted by atomic mass is 9.87. The van der Waals surface area contributed by atoms with E-state index in [0.29, 0.717) is 6.54 Å². The lowest BCUT2D eigenvalue weighted by molar-refractivity contribution is 0.249. The number of carbonyl (C=O) groups is 1. The zero-order chi connectivity index (χ0) is 13.7. The Morgan fingerprint density at radius 2 is 1.95 bits per heavy atom. The van der Waals surface area contributed by atoms with Gasteiger partial charge in [0, 0.05) is 17.6 Å². The van der Waals surface area contributed by atoms with Gasteiger partial charge in [-0.2, -0.15) is 11.3 Å². The summed E-state index contributed by atoms with van der Waals surface area (Å²) in [5.74, 6) is 0. The van der Waals surface area contributed by atoms with Gasteiger partial charge in [0.1, 0.15) is 0 Å². The number of para-hydroxylation sites is 1. The highest BCUT2D eigenvalue weighted by Gasteiger charge is 2.21. The molecule has 19 heavy (non-hydrogen) atoms. The highest BCUT2D eigenvalue weighted by atomic mass is 32.1. The summed E-state index contributed by atoms with van der Waals surface area (Å²) in [5.41, 5.74) is 1.99. The van der Waals surface area contributed by atoms with Crippen molar-refractivity contribution in [1.82, 2.24) is 5.32 Å². The SMILES string of the molecule is CC(C)(CNC(=O)Nc1ccccc1)c1ccsc1. The number of nitrogens with one attached hydrogen (secondary N) is 2. The zero-order valence-electron chi connectivity index (χ0n) is 11.1. The standard InChI is InChI=1S/C15H18N2OS/c1-15(2,12-8-9-19-10-12)11-16-14(18)17-13-6-4-3-5-7-13/h3-10H,11H2,1-2H3,(H2,16,17,18). The number of hydrogen-bond acceptors (Lipinski definition) is 2. The molecule has 0 saturated carbocycles. The first-order chi connectivity index (χ1) is 9.08. The summed E-state index contributed by atoms with van der Waals surface area (Å²) in [6, 6.07) is 11.4. The molecule has 0 atom stereocenters. The van der Waals surface area contributed by atoms with Gasteiger partial charge in [-0.3, -0.25) is 0 Å². The first-order valence-corrected chi connectivity index (χ1v) is 7.15. The summed E-state index contributed by atoms with van der Waals surface area (Å²) in [6.07, 6.45) is 0. The van der Waals surface area contributed by atoms with Gasteiger partial charge in [0.25, 0.3) is 0 Å². The average molecular weight is 274 g/mol. The van der Waals surface area contributed by atoms with E-state index in [1.54, 1.807) is 11.3 Å². The van der Waals surface area contributed by atoms with Crippen LogP contribution in [-0.2, 0) is 5.41 Å². The third-order valence-corrected chi connectivity index (χ3v) is 3.71. The molecule has 2 amide bonds. The molecule has 100 valence electrons. The first kappa shape index (κ1) is 13.6. The fraction of sp³-hybridized carbons (Fsp3) is 0.267. The van der Waals surface area contributed by atoms with E-state index in [1.165, 1.54) is 5.56 Å². The molecule has 0 aliphatic carbocycles. The monoisotopic (exact) mass is 274 g/mol. The maximum absolute atomic E-state index is 11.8. The number of hydrogen-bond donors (Lipinski definition) is 2. The summed E-state index contributed by atoms with van der Waals surface area (Å²) in [7, 11) is 0. The average Bonchev–Trinajstić information content (AvgIpc) is 2.92. The van der Waals surface area contributed by atoms with Crippen LogP contribution < -0.4 is 10.6 Å². The lowest BCUT2D eigenvalue weighted by Crippen LogP contribution is -2.38. The Bertz CT molecular complexity index is 520. The Morgan fingerprint density at radius 3 is 2.58 bits per heavy atom. The van der Waals surface area contributed by atoms with Crippen molar-refractivity contribution in [1.29, 1.82) is 0 Å². The van der Waals surface area contributed by atoms with E-state index in [4.69, 9.17) is 0 Å². The number of thiophene rings is 1. The lowest BCUT2D eigenvalue weighted by Gasteiger charge is -2.24. The number of amides is 2. The Morgan fingerprint density at radius 1 is 1.21 bits per heavy atom. The van der Waals surface area contributed by atoms with Gasteiger partial charge < -0.3 is 10.6 Å². The van der Waals surface area contributed by atoms with Crippen molar-refractivity contribution >= 4 is 23.1 Å². The van der Waals surface area contributed by atoms with Crippen molar-refractivity contribution < 1.29 is 4.79 Å². The van der Waals surface area contributed by atoms with Gasteiger partial charge >= 0.3 is 6.03 Å². The van der Waals surface area contributed by atoms with Crippen LogP contribution in [0, 0.1) is 0 Å². The molecule has 1 heterocycles. The van der Waals surface area contributed by atoms with Crippen molar-refractivity contribution in [3.63, 3.8) is 0 Å². The van der Waals surface area contributed by atoms with E-state index >= 15 is 0 Å². The van der Waals surface area contributed by atoms with Crippen LogP contribution in [0.25, 0.3) is 0 Å². The largest absolute Gasteiger partial charge is 0.337 e. The second kappa shape index (κ2) is 5.89. The van der Waals surface area contributed by atoms with E-state index in [9.17, 15) is 4.79 Å². The minimum atomic E-state index is -0.172. The number of urea groups is 1. The van der Waals surface area contributed by atoms with Gasteiger partial charge in [0.15, 0.2) is 0 Å². The highest BCUT2D eigenvalue weighted by molar-refractivity contribution is 7.08. The van der Waals surface area contributed by atoms with Gasteiger partial charge in [-0.15, -0.1) is 0 Å². The molecule has 0 saturated heterocycles. The van der Waals surface area contributed by atoms with Gasteiger partial charge in [-0.25, -0.2) is 4.79 Å². The molecule has 0 fully saturated rings. The summed E-state index contributed by atoms with van der Waals surface area (Å²) in [6.45, 7) is 4.85. The Kier molecular flexibility index (Phi) is 4.22. The van der Waals surface area contributed by atoms with E-state index in [1.807, 2.05) is 30.3 Å². The molecule has 2 N–H and O–H groups in total. The molecular weight excluding hydrogens is 256 g/mol. The van der Waals surface area contributed by atoms with Crippen LogP contribution in [0.4, 0.5) is 10.5 Å².